The molecule has 0 saturated carbocycles. The van der Waals surface area contributed by atoms with Crippen molar-refractivity contribution < 1.29 is 14.4 Å². The number of hydrogen-bond donors (Lipinski definition) is 1. The van der Waals surface area contributed by atoms with Crippen LogP contribution < -0.4 is 10.2 Å². The van der Waals surface area contributed by atoms with Gasteiger partial charge in [0.1, 0.15) is 0 Å². The fourth-order valence-corrected chi connectivity index (χ4v) is 4.68. The molecule has 2 aliphatic heterocycles. The lowest BCUT2D eigenvalue weighted by molar-refractivity contribution is -0.134. The molecular formula is C23H22ClN3O3. The number of halogens is 1. The van der Waals surface area contributed by atoms with E-state index in [0.29, 0.717) is 16.3 Å². The van der Waals surface area contributed by atoms with Crippen LogP contribution in [-0.2, 0) is 9.59 Å². The molecule has 0 radical (unpaired) electrons. The van der Waals surface area contributed by atoms with Crippen LogP contribution in [0.5, 0.6) is 0 Å². The van der Waals surface area contributed by atoms with Crippen LogP contribution >= 0.6 is 11.6 Å². The maximum atomic E-state index is 13.7. The minimum Gasteiger partial charge on any atom is -0.346 e. The lowest BCUT2D eigenvalue weighted by Crippen LogP contribution is -2.70. The van der Waals surface area contributed by atoms with E-state index in [2.05, 4.69) is 11.9 Å². The lowest BCUT2D eigenvalue weighted by Gasteiger charge is -2.49. The van der Waals surface area contributed by atoms with Gasteiger partial charge in [0.25, 0.3) is 11.8 Å². The fourth-order valence-electron chi connectivity index (χ4n) is 4.38. The highest BCUT2D eigenvalue weighted by molar-refractivity contribution is 6.31. The molecule has 3 amide bonds. The molecule has 0 spiro atoms. The molecule has 0 unspecified atom stereocenters. The Hall–Kier alpha value is -3.12. The molecule has 6 nitrogen and oxygen atoms in total. The average molecular weight is 424 g/mol. The minimum absolute atomic E-state index is 0.144. The number of fused-ring (bicyclic) bond motifs is 3. The molecule has 2 aromatic rings. The van der Waals surface area contributed by atoms with Gasteiger partial charge in [0.15, 0.2) is 0 Å². The van der Waals surface area contributed by atoms with E-state index in [0.717, 1.165) is 5.56 Å². The van der Waals surface area contributed by atoms with Gasteiger partial charge in [-0.1, -0.05) is 48.0 Å². The third-order valence-electron chi connectivity index (χ3n) is 5.77. The van der Waals surface area contributed by atoms with Crippen LogP contribution in [0, 0.1) is 0 Å². The zero-order valence-electron chi connectivity index (χ0n) is 16.6. The predicted octanol–water partition coefficient (Wildman–Crippen LogP) is 3.68. The number of rotatable bonds is 5. The van der Waals surface area contributed by atoms with E-state index in [4.69, 9.17) is 11.6 Å². The Morgan fingerprint density at radius 1 is 1.23 bits per heavy atom. The molecule has 154 valence electrons. The Morgan fingerprint density at radius 2 is 1.93 bits per heavy atom. The molecule has 7 heteroatoms. The van der Waals surface area contributed by atoms with Crippen molar-refractivity contribution in [3.63, 3.8) is 0 Å². The summed E-state index contributed by atoms with van der Waals surface area (Å²) in [5.41, 5.74) is 0.187. The molecule has 0 aromatic heterocycles. The van der Waals surface area contributed by atoms with Gasteiger partial charge < -0.3 is 10.2 Å². The van der Waals surface area contributed by atoms with Crippen LogP contribution in [0.25, 0.3) is 0 Å². The van der Waals surface area contributed by atoms with Crippen molar-refractivity contribution in [3.8, 4) is 0 Å². The van der Waals surface area contributed by atoms with E-state index in [1.54, 1.807) is 36.4 Å². The molecule has 4 rings (SSSR count). The van der Waals surface area contributed by atoms with Crippen LogP contribution in [0.3, 0.4) is 0 Å². The van der Waals surface area contributed by atoms with Gasteiger partial charge >= 0.3 is 0 Å². The summed E-state index contributed by atoms with van der Waals surface area (Å²) < 4.78 is 0. The second-order valence-corrected chi connectivity index (χ2v) is 7.89. The Kier molecular flexibility index (Phi) is 5.12. The Balaban J connectivity index is 1.79. The fraction of sp³-hybridized carbons (Fsp3) is 0.261. The summed E-state index contributed by atoms with van der Waals surface area (Å²) >= 11 is 6.30. The largest absolute Gasteiger partial charge is 0.346 e. The maximum absolute atomic E-state index is 13.7. The molecule has 0 aliphatic carbocycles. The molecule has 30 heavy (non-hydrogen) atoms. The smallest absolute Gasteiger partial charge is 0.267 e. The van der Waals surface area contributed by atoms with E-state index in [-0.39, 0.29) is 31.2 Å². The van der Waals surface area contributed by atoms with Crippen LogP contribution in [-0.4, -0.2) is 34.8 Å². The van der Waals surface area contributed by atoms with Crippen LogP contribution in [0.15, 0.2) is 61.2 Å². The van der Waals surface area contributed by atoms with Gasteiger partial charge in [-0.05, 0) is 30.7 Å². The van der Waals surface area contributed by atoms with Gasteiger partial charge in [-0.25, -0.2) is 0 Å². The topological polar surface area (TPSA) is 69.7 Å². The SMILES string of the molecule is C=CCN1C(=O)c2ccccc2N2C(=O)CC[C@@]12C(=O)N[C@@H](C)c1ccccc1Cl. The monoisotopic (exact) mass is 423 g/mol. The summed E-state index contributed by atoms with van der Waals surface area (Å²) in [4.78, 5) is 42.8. The number of nitrogens with one attached hydrogen (secondary N) is 1. The highest BCUT2D eigenvalue weighted by Crippen LogP contribution is 2.44. The van der Waals surface area contributed by atoms with E-state index in [1.807, 2.05) is 25.1 Å². The van der Waals surface area contributed by atoms with Crippen molar-refractivity contribution in [3.05, 3.63) is 77.3 Å². The van der Waals surface area contributed by atoms with E-state index in [9.17, 15) is 14.4 Å². The molecule has 2 atom stereocenters. The van der Waals surface area contributed by atoms with Gasteiger partial charge in [-0.15, -0.1) is 6.58 Å². The molecule has 0 bridgehead atoms. The van der Waals surface area contributed by atoms with Crippen molar-refractivity contribution in [1.29, 1.82) is 0 Å². The molecule has 1 fully saturated rings. The van der Waals surface area contributed by atoms with Crippen LogP contribution in [0.1, 0.15) is 41.7 Å². The van der Waals surface area contributed by atoms with Gasteiger partial charge in [0.2, 0.25) is 11.6 Å². The summed E-state index contributed by atoms with van der Waals surface area (Å²) in [6.07, 6.45) is 1.95. The number of nitrogens with zero attached hydrogens (tertiary/aromatic N) is 2. The van der Waals surface area contributed by atoms with Gasteiger partial charge in [-0.3, -0.25) is 19.3 Å². The predicted molar refractivity (Wildman–Crippen MR) is 115 cm³/mol. The van der Waals surface area contributed by atoms with Crippen molar-refractivity contribution in [2.75, 3.05) is 11.4 Å². The first-order valence-corrected chi connectivity index (χ1v) is 10.2. The third-order valence-corrected chi connectivity index (χ3v) is 6.11. The molecule has 2 aromatic carbocycles. The quantitative estimate of drug-likeness (QED) is 0.746. The van der Waals surface area contributed by atoms with Gasteiger partial charge in [0, 0.05) is 24.4 Å². The highest BCUT2D eigenvalue weighted by atomic mass is 35.5. The van der Waals surface area contributed by atoms with E-state index >= 15 is 0 Å². The normalized spacial score (nSPS) is 21.1. The Morgan fingerprint density at radius 3 is 2.67 bits per heavy atom. The second-order valence-electron chi connectivity index (χ2n) is 7.48. The summed E-state index contributed by atoms with van der Waals surface area (Å²) in [5, 5.41) is 3.52. The first kappa shape index (κ1) is 20.2. The van der Waals surface area contributed by atoms with Crippen molar-refractivity contribution in [2.24, 2.45) is 0 Å². The summed E-state index contributed by atoms with van der Waals surface area (Å²) in [7, 11) is 0. The molecule has 1 N–H and O–H groups in total. The highest BCUT2D eigenvalue weighted by Gasteiger charge is 2.60. The second kappa shape index (κ2) is 7.61. The molecular weight excluding hydrogens is 402 g/mol. The number of benzene rings is 2. The molecule has 2 aliphatic rings. The number of carbonyl (C=O) groups excluding carboxylic acids is 3. The summed E-state index contributed by atoms with van der Waals surface area (Å²) in [5.74, 6) is -0.896. The number of amides is 3. The minimum atomic E-state index is -1.44. The van der Waals surface area contributed by atoms with Crippen molar-refractivity contribution in [2.45, 2.75) is 31.5 Å². The number of hydrogen-bond acceptors (Lipinski definition) is 3. The molecule has 1 saturated heterocycles. The van der Waals surface area contributed by atoms with Gasteiger partial charge in [-0.2, -0.15) is 0 Å². The number of para-hydroxylation sites is 1. The Bertz CT molecular complexity index is 1050. The zero-order valence-corrected chi connectivity index (χ0v) is 17.4. The molecule has 2 heterocycles. The average Bonchev–Trinajstić information content (AvgIpc) is 3.09. The number of anilines is 1. The van der Waals surface area contributed by atoms with E-state index < -0.39 is 17.6 Å². The summed E-state index contributed by atoms with van der Waals surface area (Å²) in [6, 6.07) is 13.7. The van der Waals surface area contributed by atoms with E-state index in [1.165, 1.54) is 9.80 Å². The maximum Gasteiger partial charge on any atom is 0.267 e. The Labute approximate surface area is 180 Å². The zero-order chi connectivity index (χ0) is 21.5. The first-order valence-electron chi connectivity index (χ1n) is 9.82. The van der Waals surface area contributed by atoms with Gasteiger partial charge in [0.05, 0.1) is 17.3 Å². The standard InChI is InChI=1S/C23H22ClN3O3/c1-3-14-26-21(29)17-9-5-7-11-19(17)27-20(28)12-13-23(26,27)22(30)25-15(2)16-8-4-6-10-18(16)24/h3-11,15H,1,12-14H2,2H3,(H,25,30)/t15-,23+/m0/s1. The summed E-state index contributed by atoms with van der Waals surface area (Å²) in [6.45, 7) is 5.71. The van der Waals surface area contributed by atoms with Crippen molar-refractivity contribution >= 4 is 35.0 Å². The van der Waals surface area contributed by atoms with Crippen LogP contribution in [0.4, 0.5) is 5.69 Å². The third kappa shape index (κ3) is 2.91. The lowest BCUT2D eigenvalue weighted by atomic mass is 9.94. The van der Waals surface area contributed by atoms with Crippen molar-refractivity contribution in [1.82, 2.24) is 10.2 Å². The van der Waals surface area contributed by atoms with Crippen LogP contribution in [0.2, 0.25) is 5.02 Å². The number of carbonyl (C=O) groups is 3. The first-order chi connectivity index (χ1) is 14.4.